The van der Waals surface area contributed by atoms with Crippen LogP contribution in [-0.2, 0) is 10.8 Å². The summed E-state index contributed by atoms with van der Waals surface area (Å²) >= 11 is 0. The Labute approximate surface area is 341 Å². The number of fused-ring (bicyclic) bond motifs is 6. The summed E-state index contributed by atoms with van der Waals surface area (Å²) in [6.45, 7) is 13.7. The van der Waals surface area contributed by atoms with Crippen LogP contribution >= 0.6 is 0 Å². The number of benzene rings is 8. The van der Waals surface area contributed by atoms with E-state index in [1.54, 1.807) is 0 Å². The van der Waals surface area contributed by atoms with Gasteiger partial charge in [0.25, 0.3) is 0 Å². The fraction of sp³-hybridized carbons (Fsp3) is 0.143. The maximum Gasteiger partial charge on any atom is 0.0553 e. The Bertz CT molecular complexity index is 3140. The van der Waals surface area contributed by atoms with Gasteiger partial charge in [-0.05, 0) is 110 Å². The Hall–Kier alpha value is -6.64. The molecule has 10 aromatic rings. The highest BCUT2D eigenvalue weighted by molar-refractivity contribution is 6.17. The standard InChI is InChI=1S/C56H48N2/c1-55(2,3)42-28-23-37(24-29-42)40-27-32-47-46-19-10-12-21-50(46)57(52(47)35-40)45-30-25-38(26-31-45)49-34-41(39-15-14-16-43(33-39)56(4,5)6)36-53-54(49)48-20-11-13-22-51(48)58(53)44-17-8-7-9-18-44/h7-36H,1-6H3. The minimum Gasteiger partial charge on any atom is -0.309 e. The lowest BCUT2D eigenvalue weighted by atomic mass is 9.85. The van der Waals surface area contributed by atoms with Gasteiger partial charge < -0.3 is 9.13 Å². The molecule has 2 heterocycles. The maximum atomic E-state index is 2.44. The molecular weight excluding hydrogens is 701 g/mol. The van der Waals surface area contributed by atoms with Crippen LogP contribution in [0.5, 0.6) is 0 Å². The molecule has 0 atom stereocenters. The van der Waals surface area contributed by atoms with Crippen LogP contribution in [0.2, 0.25) is 0 Å². The van der Waals surface area contributed by atoms with Crippen molar-refractivity contribution in [3.8, 4) is 44.8 Å². The molecule has 2 heteroatoms. The zero-order valence-electron chi connectivity index (χ0n) is 34.2. The minimum absolute atomic E-state index is 0.0438. The molecule has 0 amide bonds. The summed E-state index contributed by atoms with van der Waals surface area (Å²) in [5.41, 5.74) is 17.3. The largest absolute Gasteiger partial charge is 0.309 e. The summed E-state index contributed by atoms with van der Waals surface area (Å²) in [6, 6.07) is 67.6. The molecule has 0 unspecified atom stereocenters. The Morgan fingerprint density at radius 2 is 0.845 bits per heavy atom. The van der Waals surface area contributed by atoms with Gasteiger partial charge in [-0.25, -0.2) is 0 Å². The second-order valence-corrected chi connectivity index (χ2v) is 17.9. The molecule has 10 rings (SSSR count). The average molecular weight is 749 g/mol. The van der Waals surface area contributed by atoms with Gasteiger partial charge in [-0.15, -0.1) is 0 Å². The first-order valence-electron chi connectivity index (χ1n) is 20.5. The normalized spacial score (nSPS) is 12.3. The predicted octanol–water partition coefficient (Wildman–Crippen LogP) is 15.5. The first-order chi connectivity index (χ1) is 28.0. The average Bonchev–Trinajstić information content (AvgIpc) is 3.76. The van der Waals surface area contributed by atoms with Gasteiger partial charge in [0.2, 0.25) is 0 Å². The highest BCUT2D eigenvalue weighted by Gasteiger charge is 2.21. The molecule has 8 aromatic carbocycles. The van der Waals surface area contributed by atoms with Gasteiger partial charge in [-0.2, -0.15) is 0 Å². The monoisotopic (exact) mass is 748 g/mol. The number of hydrogen-bond acceptors (Lipinski definition) is 0. The number of aromatic nitrogens is 2. The first-order valence-corrected chi connectivity index (χ1v) is 20.5. The van der Waals surface area contributed by atoms with Crippen LogP contribution in [0.15, 0.2) is 182 Å². The van der Waals surface area contributed by atoms with Crippen molar-refractivity contribution in [2.24, 2.45) is 0 Å². The van der Waals surface area contributed by atoms with Crippen LogP contribution in [0.4, 0.5) is 0 Å². The van der Waals surface area contributed by atoms with E-state index in [0.29, 0.717) is 0 Å². The highest BCUT2D eigenvalue weighted by atomic mass is 15.0. The van der Waals surface area contributed by atoms with Crippen molar-refractivity contribution in [3.63, 3.8) is 0 Å². The van der Waals surface area contributed by atoms with Crippen LogP contribution < -0.4 is 0 Å². The Kier molecular flexibility index (Phi) is 8.32. The number of nitrogens with zero attached hydrogens (tertiary/aromatic N) is 2. The lowest BCUT2D eigenvalue weighted by Gasteiger charge is -2.20. The zero-order chi connectivity index (χ0) is 39.8. The minimum atomic E-state index is 0.0438. The summed E-state index contributed by atoms with van der Waals surface area (Å²) in [4.78, 5) is 0. The second kappa shape index (κ2) is 13.5. The van der Waals surface area contributed by atoms with Crippen molar-refractivity contribution in [2.75, 3.05) is 0 Å². The summed E-state index contributed by atoms with van der Waals surface area (Å²) < 4.78 is 4.87. The summed E-state index contributed by atoms with van der Waals surface area (Å²) in [5, 5.41) is 5.04. The molecule has 58 heavy (non-hydrogen) atoms. The van der Waals surface area contributed by atoms with Crippen molar-refractivity contribution < 1.29 is 0 Å². The maximum absolute atomic E-state index is 2.44. The van der Waals surface area contributed by atoms with Crippen LogP contribution in [0.3, 0.4) is 0 Å². The molecule has 2 nitrogen and oxygen atoms in total. The molecule has 0 spiro atoms. The molecule has 0 saturated heterocycles. The first kappa shape index (κ1) is 35.8. The number of hydrogen-bond donors (Lipinski definition) is 0. The fourth-order valence-corrected chi connectivity index (χ4v) is 8.89. The third kappa shape index (κ3) is 6.03. The fourth-order valence-electron chi connectivity index (χ4n) is 8.89. The third-order valence-electron chi connectivity index (χ3n) is 12.0. The van der Waals surface area contributed by atoms with Crippen LogP contribution in [-0.4, -0.2) is 9.13 Å². The van der Waals surface area contributed by atoms with Gasteiger partial charge in [0, 0.05) is 32.9 Å². The summed E-state index contributed by atoms with van der Waals surface area (Å²) in [6.07, 6.45) is 0. The molecule has 0 N–H and O–H groups in total. The van der Waals surface area contributed by atoms with Gasteiger partial charge in [0.15, 0.2) is 0 Å². The van der Waals surface area contributed by atoms with E-state index in [2.05, 4.69) is 233 Å². The van der Waals surface area contributed by atoms with Crippen LogP contribution in [0, 0.1) is 0 Å². The van der Waals surface area contributed by atoms with E-state index in [1.807, 2.05) is 0 Å². The second-order valence-electron chi connectivity index (χ2n) is 17.9. The summed E-state index contributed by atoms with van der Waals surface area (Å²) in [7, 11) is 0. The van der Waals surface area contributed by atoms with E-state index >= 15 is 0 Å². The van der Waals surface area contributed by atoms with Crippen molar-refractivity contribution in [1.29, 1.82) is 0 Å². The lowest BCUT2D eigenvalue weighted by molar-refractivity contribution is 0.590. The molecule has 0 radical (unpaired) electrons. The smallest absolute Gasteiger partial charge is 0.0553 e. The topological polar surface area (TPSA) is 9.86 Å². The van der Waals surface area contributed by atoms with Crippen molar-refractivity contribution in [3.05, 3.63) is 193 Å². The van der Waals surface area contributed by atoms with Gasteiger partial charge in [-0.1, -0.05) is 169 Å². The Morgan fingerprint density at radius 1 is 0.310 bits per heavy atom. The molecule has 0 saturated carbocycles. The van der Waals surface area contributed by atoms with E-state index in [1.165, 1.54) is 88.1 Å². The molecule has 0 fully saturated rings. The van der Waals surface area contributed by atoms with Gasteiger partial charge in [-0.3, -0.25) is 0 Å². The summed E-state index contributed by atoms with van der Waals surface area (Å²) in [5.74, 6) is 0. The Balaban J connectivity index is 1.17. The molecule has 0 bridgehead atoms. The van der Waals surface area contributed by atoms with Gasteiger partial charge in [0.05, 0.1) is 22.1 Å². The molecule has 0 aliphatic carbocycles. The van der Waals surface area contributed by atoms with Crippen molar-refractivity contribution in [2.45, 2.75) is 52.4 Å². The van der Waals surface area contributed by atoms with E-state index in [4.69, 9.17) is 0 Å². The molecule has 282 valence electrons. The molecule has 2 aromatic heterocycles. The van der Waals surface area contributed by atoms with Crippen molar-refractivity contribution >= 4 is 43.6 Å². The lowest BCUT2D eigenvalue weighted by Crippen LogP contribution is -2.10. The van der Waals surface area contributed by atoms with E-state index in [9.17, 15) is 0 Å². The van der Waals surface area contributed by atoms with Gasteiger partial charge >= 0.3 is 0 Å². The predicted molar refractivity (Wildman–Crippen MR) is 249 cm³/mol. The van der Waals surface area contributed by atoms with E-state index < -0.39 is 0 Å². The SMILES string of the molecule is CC(C)(C)c1ccc(-c2ccc3c4ccccc4n(-c4ccc(-c5cc(-c6cccc(C(C)(C)C)c6)cc6c5c5ccccc5n6-c5ccccc5)cc4)c3c2)cc1. The van der Waals surface area contributed by atoms with E-state index in [0.717, 1.165) is 11.4 Å². The highest BCUT2D eigenvalue weighted by Crippen LogP contribution is 2.43. The van der Waals surface area contributed by atoms with Crippen LogP contribution in [0.25, 0.3) is 88.4 Å². The quantitative estimate of drug-likeness (QED) is 0.166. The van der Waals surface area contributed by atoms with E-state index in [-0.39, 0.29) is 10.8 Å². The third-order valence-corrected chi connectivity index (χ3v) is 12.0. The van der Waals surface area contributed by atoms with Crippen LogP contribution in [0.1, 0.15) is 52.7 Å². The molecular formula is C56H48N2. The Morgan fingerprint density at radius 3 is 1.55 bits per heavy atom. The zero-order valence-corrected chi connectivity index (χ0v) is 34.2. The molecule has 0 aliphatic rings. The molecule has 0 aliphatic heterocycles. The number of para-hydroxylation sites is 3. The van der Waals surface area contributed by atoms with Gasteiger partial charge in [0.1, 0.15) is 0 Å². The number of rotatable bonds is 5. The van der Waals surface area contributed by atoms with Crippen molar-refractivity contribution in [1.82, 2.24) is 9.13 Å².